The molecule has 140 valence electrons. The lowest BCUT2D eigenvalue weighted by Crippen LogP contribution is -2.29. The number of halogens is 3. The molecule has 8 heteroatoms. The van der Waals surface area contributed by atoms with Gasteiger partial charge in [0.2, 0.25) is 0 Å². The van der Waals surface area contributed by atoms with E-state index < -0.39 is 12.7 Å². The fraction of sp³-hybridized carbons (Fsp3) is 0.444. The van der Waals surface area contributed by atoms with Crippen LogP contribution in [-0.4, -0.2) is 40.2 Å². The van der Waals surface area contributed by atoms with Crippen LogP contribution < -0.4 is 4.74 Å². The predicted octanol–water partition coefficient (Wildman–Crippen LogP) is 3.51. The van der Waals surface area contributed by atoms with Crippen LogP contribution in [0, 0.1) is 5.92 Å². The lowest BCUT2D eigenvalue weighted by Gasteiger charge is -2.18. The molecule has 1 aromatic heterocycles. The number of carbonyl (C=O) groups is 1. The van der Waals surface area contributed by atoms with Crippen LogP contribution in [0.25, 0.3) is 0 Å². The Morgan fingerprint density at radius 3 is 2.62 bits per heavy atom. The summed E-state index contributed by atoms with van der Waals surface area (Å²) in [5.41, 5.74) is 0.445. The van der Waals surface area contributed by atoms with Crippen molar-refractivity contribution in [2.24, 2.45) is 5.92 Å². The van der Waals surface area contributed by atoms with E-state index in [9.17, 15) is 18.0 Å². The van der Waals surface area contributed by atoms with Crippen molar-refractivity contribution in [3.05, 3.63) is 48.0 Å². The molecule has 0 radical (unpaired) electrons. The Labute approximate surface area is 149 Å². The first kappa shape index (κ1) is 18.3. The Kier molecular flexibility index (Phi) is 5.20. The van der Waals surface area contributed by atoms with Gasteiger partial charge in [-0.2, -0.15) is 13.2 Å². The largest absolute Gasteiger partial charge is 0.493 e. The highest BCUT2D eigenvalue weighted by molar-refractivity contribution is 5.94. The van der Waals surface area contributed by atoms with Crippen LogP contribution in [0.2, 0.25) is 0 Å². The highest BCUT2D eigenvalue weighted by Gasteiger charge is 2.29. The minimum absolute atomic E-state index is 0.0121. The highest BCUT2D eigenvalue weighted by atomic mass is 19.4. The predicted molar refractivity (Wildman–Crippen MR) is 88.7 cm³/mol. The lowest BCUT2D eigenvalue weighted by atomic mass is 10.2. The molecule has 0 spiro atoms. The van der Waals surface area contributed by atoms with Crippen LogP contribution in [0.1, 0.15) is 29.0 Å². The molecule has 1 aliphatic rings. The Hall–Kier alpha value is -2.51. The third kappa shape index (κ3) is 5.00. The molecule has 0 saturated heterocycles. The van der Waals surface area contributed by atoms with Crippen LogP contribution in [-0.2, 0) is 13.1 Å². The number of rotatable bonds is 7. The molecule has 0 aliphatic heterocycles. The average molecular weight is 367 g/mol. The van der Waals surface area contributed by atoms with Crippen molar-refractivity contribution in [1.82, 2.24) is 14.5 Å². The molecular weight excluding hydrogens is 347 g/mol. The zero-order valence-corrected chi connectivity index (χ0v) is 14.4. The number of alkyl halides is 3. The number of imidazole rings is 1. The van der Waals surface area contributed by atoms with Crippen LogP contribution >= 0.6 is 0 Å². The Bertz CT molecular complexity index is 752. The molecule has 0 atom stereocenters. The van der Waals surface area contributed by atoms with Gasteiger partial charge < -0.3 is 14.2 Å². The first-order valence-electron chi connectivity index (χ1n) is 8.37. The maximum absolute atomic E-state index is 12.6. The zero-order valence-electron chi connectivity index (χ0n) is 14.4. The van der Waals surface area contributed by atoms with Gasteiger partial charge in [-0.25, -0.2) is 4.98 Å². The molecule has 1 aromatic carbocycles. The van der Waals surface area contributed by atoms with Crippen molar-refractivity contribution in [1.29, 1.82) is 0 Å². The number of aromatic nitrogens is 2. The van der Waals surface area contributed by atoms with E-state index in [0.29, 0.717) is 23.8 Å². The first-order chi connectivity index (χ1) is 12.3. The minimum Gasteiger partial charge on any atom is -0.493 e. The molecule has 2 aromatic rings. The zero-order chi connectivity index (χ0) is 18.7. The van der Waals surface area contributed by atoms with E-state index in [-0.39, 0.29) is 18.3 Å². The summed E-state index contributed by atoms with van der Waals surface area (Å²) < 4.78 is 44.3. The van der Waals surface area contributed by atoms with E-state index >= 15 is 0 Å². The number of hydrogen-bond acceptors (Lipinski definition) is 3. The van der Waals surface area contributed by atoms with Crippen LogP contribution in [0.15, 0.2) is 36.7 Å². The fourth-order valence-electron chi connectivity index (χ4n) is 2.53. The summed E-state index contributed by atoms with van der Waals surface area (Å²) in [6, 6.07) is 6.77. The van der Waals surface area contributed by atoms with Gasteiger partial charge >= 0.3 is 6.18 Å². The van der Waals surface area contributed by atoms with Crippen molar-refractivity contribution < 1.29 is 22.7 Å². The van der Waals surface area contributed by atoms with Gasteiger partial charge in [0.1, 0.15) is 18.1 Å². The molecular formula is C18H20F3N3O2. The smallest absolute Gasteiger partial charge is 0.406 e. The highest BCUT2D eigenvalue weighted by Crippen LogP contribution is 2.29. The standard InChI is InChI=1S/C18H20F3N3O2/c1-23(10-16-22-8-9-24(16)12-18(19,20)21)17(25)14-4-6-15(7-5-14)26-11-13-2-3-13/h4-9,13H,2-3,10-12H2,1H3. The molecule has 5 nitrogen and oxygen atoms in total. The Morgan fingerprint density at radius 2 is 2.00 bits per heavy atom. The summed E-state index contributed by atoms with van der Waals surface area (Å²) in [5.74, 6) is 1.24. The summed E-state index contributed by atoms with van der Waals surface area (Å²) >= 11 is 0. The van der Waals surface area contributed by atoms with E-state index in [4.69, 9.17) is 4.74 Å². The van der Waals surface area contributed by atoms with E-state index in [0.717, 1.165) is 4.57 Å². The molecule has 1 aliphatic carbocycles. The maximum atomic E-state index is 12.6. The second-order valence-corrected chi connectivity index (χ2v) is 6.53. The first-order valence-corrected chi connectivity index (χ1v) is 8.37. The van der Waals surface area contributed by atoms with Gasteiger partial charge in [-0.1, -0.05) is 0 Å². The molecule has 0 N–H and O–H groups in total. The second-order valence-electron chi connectivity index (χ2n) is 6.53. The van der Waals surface area contributed by atoms with Gasteiger partial charge in [-0.05, 0) is 43.0 Å². The van der Waals surface area contributed by atoms with Gasteiger partial charge in [0, 0.05) is 25.0 Å². The Balaban J connectivity index is 1.60. The van der Waals surface area contributed by atoms with Gasteiger partial charge in [-0.15, -0.1) is 0 Å². The summed E-state index contributed by atoms with van der Waals surface area (Å²) in [6.07, 6.45) is 0.615. The number of nitrogens with zero attached hydrogens (tertiary/aromatic N) is 3. The van der Waals surface area contributed by atoms with Crippen LogP contribution in [0.5, 0.6) is 5.75 Å². The van der Waals surface area contributed by atoms with E-state index in [1.807, 2.05) is 0 Å². The summed E-state index contributed by atoms with van der Waals surface area (Å²) in [7, 11) is 1.53. The summed E-state index contributed by atoms with van der Waals surface area (Å²) in [4.78, 5) is 17.7. The number of benzene rings is 1. The summed E-state index contributed by atoms with van der Waals surface area (Å²) in [6.45, 7) is -0.450. The van der Waals surface area contributed by atoms with Crippen molar-refractivity contribution in [2.45, 2.75) is 32.1 Å². The molecule has 0 bridgehead atoms. The van der Waals surface area contributed by atoms with E-state index in [1.54, 1.807) is 24.3 Å². The minimum atomic E-state index is -4.34. The SMILES string of the molecule is CN(Cc1nccn1CC(F)(F)F)C(=O)c1ccc(OCC2CC2)cc1. The normalized spacial score (nSPS) is 14.3. The number of hydrogen-bond donors (Lipinski definition) is 0. The molecule has 26 heavy (non-hydrogen) atoms. The number of carbonyl (C=O) groups excluding carboxylic acids is 1. The molecule has 0 unspecified atom stereocenters. The topological polar surface area (TPSA) is 47.4 Å². The quantitative estimate of drug-likeness (QED) is 0.752. The van der Waals surface area contributed by atoms with Crippen molar-refractivity contribution >= 4 is 5.91 Å². The van der Waals surface area contributed by atoms with Gasteiger partial charge in [0.25, 0.3) is 5.91 Å². The second kappa shape index (κ2) is 7.39. The van der Waals surface area contributed by atoms with Crippen LogP contribution in [0.4, 0.5) is 13.2 Å². The van der Waals surface area contributed by atoms with Gasteiger partial charge in [-0.3, -0.25) is 4.79 Å². The van der Waals surface area contributed by atoms with E-state index in [2.05, 4.69) is 4.98 Å². The molecule has 1 heterocycles. The average Bonchev–Trinajstić information content (AvgIpc) is 3.33. The molecule has 1 amide bonds. The van der Waals surface area contributed by atoms with E-state index in [1.165, 1.54) is 37.2 Å². The number of ether oxygens (including phenoxy) is 1. The number of amides is 1. The monoisotopic (exact) mass is 367 g/mol. The Morgan fingerprint density at radius 1 is 1.31 bits per heavy atom. The van der Waals surface area contributed by atoms with Crippen molar-refractivity contribution in [2.75, 3.05) is 13.7 Å². The van der Waals surface area contributed by atoms with Gasteiger partial charge in [0.15, 0.2) is 0 Å². The maximum Gasteiger partial charge on any atom is 0.406 e. The van der Waals surface area contributed by atoms with Crippen molar-refractivity contribution in [3.63, 3.8) is 0 Å². The molecule has 3 rings (SSSR count). The summed E-state index contributed by atoms with van der Waals surface area (Å²) in [5, 5.41) is 0. The molecule has 1 fully saturated rings. The third-order valence-electron chi connectivity index (χ3n) is 4.16. The van der Waals surface area contributed by atoms with Crippen LogP contribution in [0.3, 0.4) is 0 Å². The lowest BCUT2D eigenvalue weighted by molar-refractivity contribution is -0.141. The molecule has 1 saturated carbocycles. The van der Waals surface area contributed by atoms with Crippen molar-refractivity contribution in [3.8, 4) is 5.75 Å². The third-order valence-corrected chi connectivity index (χ3v) is 4.16. The fourth-order valence-corrected chi connectivity index (χ4v) is 2.53. The van der Waals surface area contributed by atoms with Gasteiger partial charge in [0.05, 0.1) is 13.2 Å².